The molecule has 0 unspecified atom stereocenters. The Morgan fingerprint density at radius 1 is 1.11 bits per heavy atom. The van der Waals surface area contributed by atoms with Gasteiger partial charge in [-0.05, 0) is 0 Å². The summed E-state index contributed by atoms with van der Waals surface area (Å²) in [4.78, 5) is 18.9. The molecule has 0 bridgehead atoms. The van der Waals surface area contributed by atoms with Crippen LogP contribution in [0.4, 0.5) is 0 Å². The fraction of sp³-hybridized carbons (Fsp3) is 0.333. The molecule has 0 spiro atoms. The van der Waals surface area contributed by atoms with Crippen molar-refractivity contribution in [2.75, 3.05) is 0 Å². The summed E-state index contributed by atoms with van der Waals surface area (Å²) >= 11 is 0. The summed E-state index contributed by atoms with van der Waals surface area (Å²) in [7, 11) is 0. The van der Waals surface area contributed by atoms with Crippen LogP contribution >= 0.6 is 0 Å². The Morgan fingerprint density at radius 3 is 1.33 bits per heavy atom. The van der Waals surface area contributed by atoms with Gasteiger partial charge in [-0.2, -0.15) is 0 Å². The Bertz CT molecular complexity index is 97.5. The van der Waals surface area contributed by atoms with Crippen molar-refractivity contribution in [3.8, 4) is 0 Å². The number of hydrogen-bond donors (Lipinski definition) is 2. The van der Waals surface area contributed by atoms with Crippen LogP contribution < -0.4 is 59.1 Å². The molecule has 9 heavy (non-hydrogen) atoms. The van der Waals surface area contributed by atoms with Gasteiger partial charge in [-0.15, -0.1) is 0 Å². The van der Waals surface area contributed by atoms with Crippen molar-refractivity contribution in [3.05, 3.63) is 0 Å². The third kappa shape index (κ3) is 17.6. The van der Waals surface area contributed by atoms with E-state index in [1.165, 1.54) is 0 Å². The topological polar surface area (TPSA) is 74.6 Å². The summed E-state index contributed by atoms with van der Waals surface area (Å²) in [5.74, 6) is -2.62. The summed E-state index contributed by atoms with van der Waals surface area (Å²) in [6.45, 7) is 0. The smallest absolute Gasteiger partial charge is 1.00 e. The molecule has 0 aliphatic heterocycles. The maximum atomic E-state index is 9.43. The van der Waals surface area contributed by atoms with E-state index in [2.05, 4.69) is 0 Å². The van der Waals surface area contributed by atoms with Gasteiger partial charge < -0.3 is 13.1 Å². The van der Waals surface area contributed by atoms with E-state index in [0.717, 1.165) is 0 Å². The van der Waals surface area contributed by atoms with Gasteiger partial charge in [0.15, 0.2) is 0 Å². The Kier molecular flexibility index (Phi) is 16.4. The molecular formula is C3H6Na2O4. The molecule has 0 fully saturated rings. The molecule has 0 aliphatic rings. The second kappa shape index (κ2) is 8.94. The quantitative estimate of drug-likeness (QED) is 0.305. The van der Waals surface area contributed by atoms with Gasteiger partial charge >= 0.3 is 71.1 Å². The van der Waals surface area contributed by atoms with Gasteiger partial charge in [0.1, 0.15) is 6.42 Å². The van der Waals surface area contributed by atoms with E-state index in [1.54, 1.807) is 0 Å². The SMILES string of the molecule is O=C(O)CC(=O)O.[H-].[H-].[Na+].[Na+]. The van der Waals surface area contributed by atoms with Crippen molar-refractivity contribution in [1.29, 1.82) is 0 Å². The first kappa shape index (κ1) is 16.5. The van der Waals surface area contributed by atoms with E-state index in [-0.39, 0.29) is 62.0 Å². The normalized spacial score (nSPS) is 6.22. The third-order valence-electron chi connectivity index (χ3n) is 0.302. The molecule has 0 amide bonds. The van der Waals surface area contributed by atoms with Crippen molar-refractivity contribution in [3.63, 3.8) is 0 Å². The van der Waals surface area contributed by atoms with Crippen LogP contribution in [0.25, 0.3) is 0 Å². The summed E-state index contributed by atoms with van der Waals surface area (Å²) in [5.41, 5.74) is 0. The maximum absolute atomic E-state index is 9.43. The fourth-order valence-electron chi connectivity index (χ4n) is 0.129. The Morgan fingerprint density at radius 2 is 1.33 bits per heavy atom. The molecule has 0 aromatic rings. The Hall–Kier alpha value is 0.940. The minimum atomic E-state index is -1.31. The fourth-order valence-corrected chi connectivity index (χ4v) is 0.129. The summed E-state index contributed by atoms with van der Waals surface area (Å²) in [6.07, 6.45) is -0.806. The standard InChI is InChI=1S/C3H4O4.2Na.2H/c4-2(5)1-3(6)7;;;;/h1H2,(H,4,5)(H,6,7);;;;/q;2*+1;2*-1. The predicted molar refractivity (Wildman–Crippen MR) is 22.1 cm³/mol. The summed E-state index contributed by atoms with van der Waals surface area (Å²) in [5, 5.41) is 15.4. The van der Waals surface area contributed by atoms with E-state index in [0.29, 0.717) is 0 Å². The van der Waals surface area contributed by atoms with Crippen LogP contribution in [-0.4, -0.2) is 22.2 Å². The van der Waals surface area contributed by atoms with Gasteiger partial charge in [0.2, 0.25) is 0 Å². The molecule has 0 aromatic heterocycles. The van der Waals surface area contributed by atoms with Crippen molar-refractivity contribution in [1.82, 2.24) is 0 Å². The first-order valence-corrected chi connectivity index (χ1v) is 1.56. The van der Waals surface area contributed by atoms with Crippen LogP contribution in [0.1, 0.15) is 9.27 Å². The van der Waals surface area contributed by atoms with Gasteiger partial charge in [-0.25, -0.2) is 0 Å². The first-order chi connectivity index (χ1) is 3.13. The third-order valence-corrected chi connectivity index (χ3v) is 0.302. The second-order valence-corrected chi connectivity index (χ2v) is 0.964. The van der Waals surface area contributed by atoms with Gasteiger partial charge in [0.05, 0.1) is 0 Å². The van der Waals surface area contributed by atoms with Gasteiger partial charge in [0.25, 0.3) is 0 Å². The minimum Gasteiger partial charge on any atom is -1.00 e. The van der Waals surface area contributed by atoms with Crippen LogP contribution in [0.15, 0.2) is 0 Å². The maximum Gasteiger partial charge on any atom is 1.00 e. The molecule has 0 aromatic carbocycles. The zero-order chi connectivity index (χ0) is 5.86. The molecule has 0 saturated heterocycles. The monoisotopic (exact) mass is 152 g/mol. The average molecular weight is 152 g/mol. The molecule has 0 heterocycles. The Labute approximate surface area is 99.2 Å². The van der Waals surface area contributed by atoms with Crippen LogP contribution in [-0.2, 0) is 9.59 Å². The molecule has 4 nitrogen and oxygen atoms in total. The van der Waals surface area contributed by atoms with Crippen LogP contribution in [0.2, 0.25) is 0 Å². The molecule has 6 heteroatoms. The van der Waals surface area contributed by atoms with Crippen molar-refractivity contribution in [2.45, 2.75) is 6.42 Å². The number of carboxylic acids is 2. The van der Waals surface area contributed by atoms with E-state index in [1.807, 2.05) is 0 Å². The van der Waals surface area contributed by atoms with Gasteiger partial charge in [-0.1, -0.05) is 0 Å². The predicted octanol–water partition coefficient (Wildman–Crippen LogP) is -6.22. The number of carbonyl (C=O) groups is 2. The van der Waals surface area contributed by atoms with Crippen LogP contribution in [0, 0.1) is 0 Å². The molecule has 0 atom stereocenters. The molecule has 0 aliphatic carbocycles. The Balaban J connectivity index is -0.0000000300. The molecule has 0 radical (unpaired) electrons. The first-order valence-electron chi connectivity index (χ1n) is 1.56. The van der Waals surface area contributed by atoms with Crippen LogP contribution in [0.5, 0.6) is 0 Å². The number of aliphatic carboxylic acids is 2. The molecule has 0 saturated carbocycles. The summed E-state index contributed by atoms with van der Waals surface area (Å²) in [6, 6.07) is 0. The molecular weight excluding hydrogens is 146 g/mol. The zero-order valence-corrected chi connectivity index (χ0v) is 9.42. The second-order valence-electron chi connectivity index (χ2n) is 0.964. The van der Waals surface area contributed by atoms with Gasteiger partial charge in [-0.3, -0.25) is 9.59 Å². The number of rotatable bonds is 2. The molecule has 2 N–H and O–H groups in total. The van der Waals surface area contributed by atoms with Crippen molar-refractivity contribution in [2.24, 2.45) is 0 Å². The molecule has 0 rings (SSSR count). The average Bonchev–Trinajstić information content (AvgIpc) is 1.27. The number of carboxylic acid groups (broad SMARTS) is 2. The summed E-state index contributed by atoms with van der Waals surface area (Å²) < 4.78 is 0. The number of hydrogen-bond acceptors (Lipinski definition) is 2. The van der Waals surface area contributed by atoms with E-state index >= 15 is 0 Å². The largest absolute Gasteiger partial charge is 1.00 e. The zero-order valence-electron chi connectivity index (χ0n) is 7.42. The van der Waals surface area contributed by atoms with E-state index in [9.17, 15) is 9.59 Å². The van der Waals surface area contributed by atoms with Crippen LogP contribution in [0.3, 0.4) is 0 Å². The van der Waals surface area contributed by atoms with E-state index < -0.39 is 18.4 Å². The van der Waals surface area contributed by atoms with Crippen molar-refractivity contribution >= 4 is 11.9 Å². The van der Waals surface area contributed by atoms with Gasteiger partial charge in [0, 0.05) is 0 Å². The minimum absolute atomic E-state index is 0. The van der Waals surface area contributed by atoms with E-state index in [4.69, 9.17) is 10.2 Å². The van der Waals surface area contributed by atoms with Crippen molar-refractivity contribution < 1.29 is 81.8 Å². The molecule has 44 valence electrons.